The first kappa shape index (κ1) is 15.8. The summed E-state index contributed by atoms with van der Waals surface area (Å²) in [5, 5.41) is 10.3. The van der Waals surface area contributed by atoms with Gasteiger partial charge < -0.3 is 4.98 Å². The van der Waals surface area contributed by atoms with Crippen molar-refractivity contribution in [3.8, 4) is 24.2 Å². The Labute approximate surface area is 139 Å². The van der Waals surface area contributed by atoms with Gasteiger partial charge in [-0.05, 0) is 18.1 Å². The van der Waals surface area contributed by atoms with Gasteiger partial charge in [-0.2, -0.15) is 0 Å². The van der Waals surface area contributed by atoms with E-state index in [1.54, 1.807) is 24.3 Å². The number of terminal acetylenes is 1. The monoisotopic (exact) mass is 335 g/mol. The fourth-order valence-electron chi connectivity index (χ4n) is 2.19. The maximum atomic E-state index is 12.3. The van der Waals surface area contributed by atoms with Crippen molar-refractivity contribution in [1.29, 1.82) is 0 Å². The maximum Gasteiger partial charge on any atom is 0.393 e. The number of nitrogens with zero attached hydrogens (tertiary/aromatic N) is 4. The molecule has 122 valence electrons. The standard InChI is InChI=1S/C16H9N5O4/c1-2-10-19-15(22)13-14(20(16(19)23)21(24)25)18-12(17-13)9-8-11-6-4-3-5-7-11/h1,3-7H,10H2,(H,17,18). The third-order valence-electron chi connectivity index (χ3n) is 3.27. The molecule has 0 saturated carbocycles. The van der Waals surface area contributed by atoms with E-state index in [0.717, 1.165) is 0 Å². The summed E-state index contributed by atoms with van der Waals surface area (Å²) in [6.45, 7) is -0.403. The van der Waals surface area contributed by atoms with Crippen molar-refractivity contribution in [1.82, 2.24) is 19.2 Å². The largest absolute Gasteiger partial charge is 0.393 e. The van der Waals surface area contributed by atoms with Crippen LogP contribution in [0.4, 0.5) is 0 Å². The van der Waals surface area contributed by atoms with E-state index in [1.807, 2.05) is 6.07 Å². The van der Waals surface area contributed by atoms with Crippen LogP contribution in [-0.2, 0) is 6.54 Å². The lowest BCUT2D eigenvalue weighted by Gasteiger charge is -2.01. The quantitative estimate of drug-likeness (QED) is 0.401. The molecule has 0 bridgehead atoms. The first-order valence-corrected chi connectivity index (χ1v) is 6.93. The maximum absolute atomic E-state index is 12.3. The molecule has 1 aromatic carbocycles. The second kappa shape index (κ2) is 6.18. The van der Waals surface area contributed by atoms with Gasteiger partial charge in [-0.3, -0.25) is 4.79 Å². The molecule has 2 heterocycles. The van der Waals surface area contributed by atoms with E-state index in [9.17, 15) is 19.7 Å². The highest BCUT2D eigenvalue weighted by molar-refractivity contribution is 5.70. The molecule has 0 radical (unpaired) electrons. The highest BCUT2D eigenvalue weighted by atomic mass is 16.7. The van der Waals surface area contributed by atoms with Crippen LogP contribution < -0.4 is 11.2 Å². The minimum Gasteiger partial charge on any atom is -0.312 e. The predicted octanol–water partition coefficient (Wildman–Crippen LogP) is -0.0409. The van der Waals surface area contributed by atoms with Crippen LogP contribution in [0.2, 0.25) is 0 Å². The van der Waals surface area contributed by atoms with E-state index >= 15 is 0 Å². The van der Waals surface area contributed by atoms with Gasteiger partial charge in [0.2, 0.25) is 5.65 Å². The number of nitro groups is 1. The number of H-pyrrole nitrogens is 1. The van der Waals surface area contributed by atoms with E-state index in [-0.39, 0.29) is 21.7 Å². The molecule has 9 nitrogen and oxygen atoms in total. The Morgan fingerprint density at radius 1 is 1.24 bits per heavy atom. The van der Waals surface area contributed by atoms with Gasteiger partial charge in [-0.1, -0.05) is 30.0 Å². The highest BCUT2D eigenvalue weighted by Crippen LogP contribution is 2.05. The zero-order valence-corrected chi connectivity index (χ0v) is 12.6. The Morgan fingerprint density at radius 2 is 1.96 bits per heavy atom. The summed E-state index contributed by atoms with van der Waals surface area (Å²) < 4.78 is 0.759. The van der Waals surface area contributed by atoms with Crippen molar-refractivity contribution in [2.45, 2.75) is 6.54 Å². The molecule has 0 atom stereocenters. The molecule has 25 heavy (non-hydrogen) atoms. The molecule has 2 aromatic heterocycles. The SMILES string of the molecule is C#CCn1c(=O)c2nc(C#Cc3ccccc3)[nH]c2n([N+](=O)[O-])c1=O. The number of imidazole rings is 1. The molecule has 0 aliphatic rings. The van der Waals surface area contributed by atoms with E-state index in [4.69, 9.17) is 6.42 Å². The second-order valence-corrected chi connectivity index (χ2v) is 4.83. The number of fused-ring (bicyclic) bond motifs is 1. The average Bonchev–Trinajstić information content (AvgIpc) is 3.01. The Morgan fingerprint density at radius 3 is 2.60 bits per heavy atom. The van der Waals surface area contributed by atoms with Gasteiger partial charge in [-0.25, -0.2) is 24.5 Å². The number of nitrogens with one attached hydrogen (secondary N) is 1. The summed E-state index contributed by atoms with van der Waals surface area (Å²) in [5.74, 6) is 7.60. The molecule has 0 aliphatic heterocycles. The molecule has 3 aromatic rings. The van der Waals surface area contributed by atoms with Crippen LogP contribution in [0.3, 0.4) is 0 Å². The number of aromatic amines is 1. The lowest BCUT2D eigenvalue weighted by atomic mass is 10.2. The third kappa shape index (κ3) is 2.78. The van der Waals surface area contributed by atoms with Gasteiger partial charge in [-0.15, -0.1) is 6.42 Å². The molecule has 0 spiro atoms. The number of hydrogen-bond acceptors (Lipinski definition) is 5. The van der Waals surface area contributed by atoms with Gasteiger partial charge in [0, 0.05) is 10.2 Å². The van der Waals surface area contributed by atoms with Crippen molar-refractivity contribution in [3.63, 3.8) is 0 Å². The minimum atomic E-state index is -1.16. The minimum absolute atomic E-state index is 0.0180. The lowest BCUT2D eigenvalue weighted by Crippen LogP contribution is -2.42. The van der Waals surface area contributed by atoms with E-state index in [0.29, 0.717) is 10.1 Å². The van der Waals surface area contributed by atoms with Crippen molar-refractivity contribution < 1.29 is 5.03 Å². The van der Waals surface area contributed by atoms with Crippen LogP contribution in [-0.4, -0.2) is 24.2 Å². The molecule has 0 unspecified atom stereocenters. The molecule has 0 amide bonds. The van der Waals surface area contributed by atoms with E-state index in [1.165, 1.54) is 0 Å². The zero-order chi connectivity index (χ0) is 18.0. The van der Waals surface area contributed by atoms with Crippen LogP contribution in [0, 0.1) is 34.3 Å². The fraction of sp³-hybridized carbons (Fsp3) is 0.0625. The van der Waals surface area contributed by atoms with Gasteiger partial charge in [0.15, 0.2) is 16.4 Å². The Balaban J connectivity index is 2.26. The zero-order valence-electron chi connectivity index (χ0n) is 12.6. The molecule has 0 saturated heterocycles. The second-order valence-electron chi connectivity index (χ2n) is 4.83. The summed E-state index contributed by atoms with van der Waals surface area (Å²) in [6, 6.07) is 8.96. The smallest absolute Gasteiger partial charge is 0.312 e. The lowest BCUT2D eigenvalue weighted by molar-refractivity contribution is -0.542. The number of rotatable bonds is 2. The molecule has 3 rings (SSSR count). The topological polar surface area (TPSA) is 116 Å². The fourth-order valence-corrected chi connectivity index (χ4v) is 2.19. The molecule has 9 heteroatoms. The molecular weight excluding hydrogens is 326 g/mol. The Bertz CT molecular complexity index is 1200. The first-order chi connectivity index (χ1) is 12.0. The summed E-state index contributed by atoms with van der Waals surface area (Å²) in [6.07, 6.45) is 5.11. The molecule has 1 N–H and O–H groups in total. The normalized spacial score (nSPS) is 10.0. The van der Waals surface area contributed by atoms with Crippen molar-refractivity contribution in [2.24, 2.45) is 0 Å². The van der Waals surface area contributed by atoms with Crippen LogP contribution in [0.15, 0.2) is 39.9 Å². The van der Waals surface area contributed by atoms with Crippen molar-refractivity contribution in [2.75, 3.05) is 0 Å². The molecular formula is C16H9N5O4. The van der Waals surface area contributed by atoms with Crippen molar-refractivity contribution in [3.05, 3.63) is 72.7 Å². The van der Waals surface area contributed by atoms with E-state index in [2.05, 4.69) is 27.7 Å². The van der Waals surface area contributed by atoms with Crippen molar-refractivity contribution >= 4 is 11.2 Å². The summed E-state index contributed by atoms with van der Waals surface area (Å²) in [4.78, 5) is 42.1. The van der Waals surface area contributed by atoms with Crippen LogP contribution in [0.25, 0.3) is 11.2 Å². The summed E-state index contributed by atoms with van der Waals surface area (Å²) in [7, 11) is 0. The Hall–Kier alpha value is -4.11. The summed E-state index contributed by atoms with van der Waals surface area (Å²) >= 11 is 0. The predicted molar refractivity (Wildman–Crippen MR) is 88.3 cm³/mol. The van der Waals surface area contributed by atoms with Gasteiger partial charge in [0.25, 0.3) is 5.56 Å². The van der Waals surface area contributed by atoms with Gasteiger partial charge >= 0.3 is 5.69 Å². The number of aromatic nitrogens is 4. The summed E-state index contributed by atoms with van der Waals surface area (Å²) in [5.41, 5.74) is -1.92. The van der Waals surface area contributed by atoms with E-state index < -0.39 is 22.8 Å². The molecule has 0 fully saturated rings. The first-order valence-electron chi connectivity index (χ1n) is 6.93. The molecule has 0 aliphatic carbocycles. The van der Waals surface area contributed by atoms with Crippen LogP contribution in [0.1, 0.15) is 11.4 Å². The van der Waals surface area contributed by atoms with Crippen LogP contribution >= 0.6 is 0 Å². The average molecular weight is 335 g/mol. The van der Waals surface area contributed by atoms with Crippen LogP contribution in [0.5, 0.6) is 0 Å². The van der Waals surface area contributed by atoms with Gasteiger partial charge in [0.1, 0.15) is 0 Å². The highest BCUT2D eigenvalue weighted by Gasteiger charge is 2.22. The number of hydrogen-bond donors (Lipinski definition) is 1. The third-order valence-corrected chi connectivity index (χ3v) is 3.27. The Kier molecular flexibility index (Phi) is 3.90. The number of benzene rings is 1. The van der Waals surface area contributed by atoms with Gasteiger partial charge in [0.05, 0.1) is 6.54 Å².